The minimum Gasteiger partial charge on any atom is -0.391 e. The highest BCUT2D eigenvalue weighted by Gasteiger charge is 2.47. The molecule has 4 rings (SSSR count). The van der Waals surface area contributed by atoms with E-state index in [1.165, 1.54) is 4.90 Å². The molecule has 2 heterocycles. The van der Waals surface area contributed by atoms with E-state index >= 15 is 0 Å². The first-order valence-corrected chi connectivity index (χ1v) is 15.3. The predicted molar refractivity (Wildman–Crippen MR) is 159 cm³/mol. The highest BCUT2D eigenvalue weighted by Crippen LogP contribution is 2.44. The molecule has 42 heavy (non-hydrogen) atoms. The molecule has 1 aliphatic carbocycles. The molecule has 2 aliphatic rings. The maximum atomic E-state index is 13.9. The van der Waals surface area contributed by atoms with Crippen molar-refractivity contribution in [3.63, 3.8) is 0 Å². The van der Waals surface area contributed by atoms with Crippen LogP contribution in [-0.4, -0.2) is 68.9 Å². The van der Waals surface area contributed by atoms with Gasteiger partial charge in [-0.15, -0.1) is 11.3 Å². The van der Waals surface area contributed by atoms with Crippen LogP contribution in [0.15, 0.2) is 29.8 Å². The van der Waals surface area contributed by atoms with Crippen LogP contribution in [0.25, 0.3) is 10.4 Å². The average molecular weight is 600 g/mol. The van der Waals surface area contributed by atoms with Crippen LogP contribution < -0.4 is 10.6 Å². The van der Waals surface area contributed by atoms with Crippen LogP contribution >= 0.6 is 11.3 Å². The zero-order valence-corrected chi connectivity index (χ0v) is 25.7. The number of hydrogen-bond acceptors (Lipinski definition) is 8. The third kappa shape index (κ3) is 7.15. The lowest BCUT2D eigenvalue weighted by atomic mass is 9.66. The number of benzene rings is 1. The van der Waals surface area contributed by atoms with Crippen LogP contribution in [0, 0.1) is 27.9 Å². The summed E-state index contributed by atoms with van der Waals surface area (Å²) in [6.45, 7) is 8.96. The van der Waals surface area contributed by atoms with E-state index in [2.05, 4.69) is 15.6 Å². The molecular weight excluding hydrogens is 558 g/mol. The van der Waals surface area contributed by atoms with Crippen LogP contribution in [0.2, 0.25) is 0 Å². The monoisotopic (exact) mass is 599 g/mol. The third-order valence-corrected chi connectivity index (χ3v) is 9.45. The van der Waals surface area contributed by atoms with E-state index in [1.54, 1.807) is 16.8 Å². The number of carbonyl (C=O) groups is 3. The van der Waals surface area contributed by atoms with Gasteiger partial charge >= 0.3 is 0 Å². The van der Waals surface area contributed by atoms with Crippen LogP contribution in [-0.2, 0) is 14.4 Å². The molecule has 3 N–H and O–H groups in total. The van der Waals surface area contributed by atoms with Gasteiger partial charge in [-0.05, 0) is 43.2 Å². The SMILES string of the molecule is Cc1ncsc1-c1ccc([C@H](C)NC(=O)[C@@H]2C[C@@H](O)CN2C(=O)[C@@H](NC(=O)CC2(C[N+](=O)[O-])CCC2)C(C)(C)C)cc1. The van der Waals surface area contributed by atoms with Crippen molar-refractivity contribution in [2.24, 2.45) is 10.8 Å². The summed E-state index contributed by atoms with van der Waals surface area (Å²) in [5.41, 5.74) is 3.32. The normalized spacial score (nSPS) is 21.2. The summed E-state index contributed by atoms with van der Waals surface area (Å²) >= 11 is 1.57. The van der Waals surface area contributed by atoms with E-state index in [0.29, 0.717) is 12.8 Å². The van der Waals surface area contributed by atoms with Gasteiger partial charge in [0.05, 0.1) is 28.2 Å². The van der Waals surface area contributed by atoms with Gasteiger partial charge in [0.15, 0.2) is 0 Å². The van der Waals surface area contributed by atoms with Gasteiger partial charge in [-0.1, -0.05) is 51.5 Å². The highest BCUT2D eigenvalue weighted by molar-refractivity contribution is 7.13. The summed E-state index contributed by atoms with van der Waals surface area (Å²) in [5.74, 6) is -1.26. The Kier molecular flexibility index (Phi) is 9.36. The van der Waals surface area contributed by atoms with Gasteiger partial charge in [-0.2, -0.15) is 0 Å². The van der Waals surface area contributed by atoms with E-state index < -0.39 is 40.8 Å². The van der Waals surface area contributed by atoms with E-state index in [9.17, 15) is 29.6 Å². The lowest BCUT2D eigenvalue weighted by Crippen LogP contribution is -2.58. The molecule has 4 atom stereocenters. The summed E-state index contributed by atoms with van der Waals surface area (Å²) in [7, 11) is 0. The Hall–Kier alpha value is -3.38. The topological polar surface area (TPSA) is 155 Å². The van der Waals surface area contributed by atoms with E-state index in [-0.39, 0.29) is 42.8 Å². The Balaban J connectivity index is 1.44. The first-order chi connectivity index (χ1) is 19.7. The van der Waals surface area contributed by atoms with Crippen LogP contribution in [0.3, 0.4) is 0 Å². The number of nitrogens with zero attached hydrogens (tertiary/aromatic N) is 3. The van der Waals surface area contributed by atoms with Gasteiger partial charge in [0.1, 0.15) is 12.1 Å². The van der Waals surface area contributed by atoms with E-state index in [4.69, 9.17) is 0 Å². The highest BCUT2D eigenvalue weighted by atomic mass is 32.1. The van der Waals surface area contributed by atoms with Gasteiger partial charge in [0.25, 0.3) is 0 Å². The second-order valence-corrected chi connectivity index (χ2v) is 13.8. The van der Waals surface area contributed by atoms with Crippen LogP contribution in [0.5, 0.6) is 0 Å². The largest absolute Gasteiger partial charge is 0.391 e. The number of β-amino-alcohol motifs (C(OH)–C–C–N with tert-alkyl or cyclic N) is 1. The number of hydrogen-bond donors (Lipinski definition) is 3. The zero-order valence-electron chi connectivity index (χ0n) is 24.9. The maximum absolute atomic E-state index is 13.9. The van der Waals surface area contributed by atoms with Crippen molar-refractivity contribution in [1.82, 2.24) is 20.5 Å². The van der Waals surface area contributed by atoms with Crippen molar-refractivity contribution in [3.05, 3.63) is 51.1 Å². The fraction of sp³-hybridized carbons (Fsp3) is 0.600. The molecular formula is C30H41N5O6S. The molecule has 0 radical (unpaired) electrons. The van der Waals surface area contributed by atoms with Crippen molar-refractivity contribution < 1.29 is 24.4 Å². The molecule has 0 bridgehead atoms. The molecule has 1 saturated carbocycles. The number of aliphatic hydroxyl groups excluding tert-OH is 1. The molecule has 1 aliphatic heterocycles. The van der Waals surface area contributed by atoms with Crippen molar-refractivity contribution in [3.8, 4) is 10.4 Å². The van der Waals surface area contributed by atoms with Gasteiger partial charge < -0.3 is 20.6 Å². The molecule has 2 fully saturated rings. The summed E-state index contributed by atoms with van der Waals surface area (Å²) < 4.78 is 0. The number of carbonyl (C=O) groups excluding carboxylic acids is 3. The molecule has 1 saturated heterocycles. The van der Waals surface area contributed by atoms with Crippen molar-refractivity contribution in [1.29, 1.82) is 0 Å². The smallest absolute Gasteiger partial charge is 0.246 e. The number of nitro groups is 1. The Morgan fingerprint density at radius 3 is 2.40 bits per heavy atom. The van der Waals surface area contributed by atoms with Crippen molar-refractivity contribution in [2.45, 2.75) is 91.0 Å². The van der Waals surface area contributed by atoms with Crippen molar-refractivity contribution >= 4 is 29.1 Å². The molecule has 0 spiro atoms. The van der Waals surface area contributed by atoms with Gasteiger partial charge in [-0.25, -0.2) is 4.98 Å². The van der Waals surface area contributed by atoms with Gasteiger partial charge in [-0.3, -0.25) is 24.5 Å². The minimum absolute atomic E-state index is 0.0259. The molecule has 12 heteroatoms. The first kappa shape index (κ1) is 31.6. The van der Waals surface area contributed by atoms with Crippen LogP contribution in [0.4, 0.5) is 0 Å². The van der Waals surface area contributed by atoms with Gasteiger partial charge in [0, 0.05) is 29.7 Å². The Bertz CT molecular complexity index is 1320. The predicted octanol–water partition coefficient (Wildman–Crippen LogP) is 3.63. The number of likely N-dealkylation sites (tertiary alicyclic amines) is 1. The lowest BCUT2D eigenvalue weighted by molar-refractivity contribution is -0.501. The minimum atomic E-state index is -0.974. The summed E-state index contributed by atoms with van der Waals surface area (Å²) in [4.78, 5) is 57.9. The quantitative estimate of drug-likeness (QED) is 0.278. The van der Waals surface area contributed by atoms with Crippen molar-refractivity contribution in [2.75, 3.05) is 13.1 Å². The Morgan fingerprint density at radius 1 is 1.21 bits per heavy atom. The summed E-state index contributed by atoms with van der Waals surface area (Å²) in [6.07, 6.45) is 1.21. The Labute approximate surface area is 250 Å². The fourth-order valence-corrected chi connectivity index (χ4v) is 6.72. The molecule has 1 aromatic heterocycles. The maximum Gasteiger partial charge on any atom is 0.246 e. The molecule has 0 unspecified atom stereocenters. The van der Waals surface area contributed by atoms with E-state index in [1.807, 2.05) is 58.9 Å². The molecule has 11 nitrogen and oxygen atoms in total. The third-order valence-electron chi connectivity index (χ3n) is 8.47. The number of amides is 3. The summed E-state index contributed by atoms with van der Waals surface area (Å²) in [6, 6.07) is 5.66. The second kappa shape index (κ2) is 12.5. The van der Waals surface area contributed by atoms with Gasteiger partial charge in [0.2, 0.25) is 24.3 Å². The fourth-order valence-electron chi connectivity index (χ4n) is 5.91. The second-order valence-electron chi connectivity index (χ2n) is 12.9. The number of aryl methyl sites for hydroxylation is 1. The van der Waals surface area contributed by atoms with E-state index in [0.717, 1.165) is 28.1 Å². The summed E-state index contributed by atoms with van der Waals surface area (Å²) in [5, 5.41) is 27.5. The number of aromatic nitrogens is 1. The zero-order chi connectivity index (χ0) is 30.8. The molecule has 2 aromatic rings. The average Bonchev–Trinajstić information content (AvgIpc) is 3.50. The molecule has 1 aromatic carbocycles. The number of nitrogens with one attached hydrogen (secondary N) is 2. The Morgan fingerprint density at radius 2 is 1.88 bits per heavy atom. The standard InChI is InChI=1S/C30H41N5O6S/c1-18(20-7-9-21(10-8-20)25-19(2)31-17-42-25)32-27(38)23-13-22(36)15-34(23)28(39)26(29(3,4)5)33-24(37)14-30(11-6-12-30)16-35(40)41/h7-10,17-18,22-23,26,36H,6,11-16H2,1-5H3,(H,32,38)(H,33,37)/t18-,22+,23-,26+/m0/s1. The van der Waals surface area contributed by atoms with Crippen LogP contribution in [0.1, 0.15) is 77.1 Å². The number of thiazole rings is 1. The number of rotatable bonds is 10. The lowest BCUT2D eigenvalue weighted by Gasteiger charge is -2.39. The first-order valence-electron chi connectivity index (χ1n) is 14.4. The number of aliphatic hydroxyl groups is 1. The molecule has 228 valence electrons. The molecule has 3 amide bonds.